The van der Waals surface area contributed by atoms with Crippen LogP contribution in [-0.2, 0) is 0 Å². The number of anilines is 2. The first-order valence-electron chi connectivity index (χ1n) is 9.26. The second-order valence-electron chi connectivity index (χ2n) is 6.49. The summed E-state index contributed by atoms with van der Waals surface area (Å²) in [5.41, 5.74) is 3.28. The smallest absolute Gasteiger partial charge is 0.275 e. The minimum absolute atomic E-state index is 0.253. The molecule has 0 unspecified atom stereocenters. The van der Waals surface area contributed by atoms with Crippen LogP contribution in [0.2, 0.25) is 0 Å². The molecule has 0 atom stereocenters. The van der Waals surface area contributed by atoms with Gasteiger partial charge in [0.15, 0.2) is 0 Å². The number of nitrogens with one attached hydrogen (secondary N) is 2. The van der Waals surface area contributed by atoms with Crippen LogP contribution in [0.15, 0.2) is 54.9 Å². The number of hydrogen-bond acceptors (Lipinski definition) is 6. The maximum absolute atomic E-state index is 12.3. The Labute approximate surface area is 170 Å². The van der Waals surface area contributed by atoms with Gasteiger partial charge in [-0.3, -0.25) is 4.79 Å². The summed E-state index contributed by atoms with van der Waals surface area (Å²) in [6, 6.07) is 13.2. The highest BCUT2D eigenvalue weighted by Crippen LogP contribution is 2.17. The predicted octanol–water partition coefficient (Wildman–Crippen LogP) is 3.85. The van der Waals surface area contributed by atoms with Crippen LogP contribution in [0.3, 0.4) is 0 Å². The fourth-order valence-electron chi connectivity index (χ4n) is 2.57. The van der Waals surface area contributed by atoms with Gasteiger partial charge in [-0.15, -0.1) is 0 Å². The molecule has 7 heteroatoms. The third-order valence-corrected chi connectivity index (χ3v) is 4.39. The topological polar surface area (TPSA) is 85.4 Å². The quantitative estimate of drug-likeness (QED) is 0.567. The van der Waals surface area contributed by atoms with Crippen molar-refractivity contribution in [2.45, 2.75) is 13.8 Å². The van der Waals surface area contributed by atoms with E-state index in [0.717, 1.165) is 22.7 Å². The number of carbonyl (C=O) groups excluding carboxylic acids is 1. The third-order valence-electron chi connectivity index (χ3n) is 4.39. The number of aryl methyl sites for hydroxylation is 2. The van der Waals surface area contributed by atoms with Crippen molar-refractivity contribution in [1.82, 2.24) is 9.97 Å². The van der Waals surface area contributed by atoms with Gasteiger partial charge in [-0.2, -0.15) is 0 Å². The Kier molecular flexibility index (Phi) is 6.63. The lowest BCUT2D eigenvalue weighted by Gasteiger charge is -2.09. The van der Waals surface area contributed by atoms with E-state index in [0.29, 0.717) is 19.0 Å². The molecule has 0 aliphatic carbocycles. The van der Waals surface area contributed by atoms with Crippen LogP contribution >= 0.6 is 0 Å². The van der Waals surface area contributed by atoms with Gasteiger partial charge in [0, 0.05) is 5.69 Å². The average Bonchev–Trinajstić information content (AvgIpc) is 2.74. The molecule has 0 spiro atoms. The van der Waals surface area contributed by atoms with Crippen LogP contribution in [0.25, 0.3) is 0 Å². The molecule has 0 saturated carbocycles. The molecule has 0 bridgehead atoms. The fraction of sp³-hybridized carbons (Fsp3) is 0.227. The van der Waals surface area contributed by atoms with Crippen molar-refractivity contribution in [2.75, 3.05) is 30.9 Å². The predicted molar refractivity (Wildman–Crippen MR) is 113 cm³/mol. The molecular formula is C22H24N4O3. The Bertz CT molecular complexity index is 957. The molecular weight excluding hydrogens is 368 g/mol. The van der Waals surface area contributed by atoms with Crippen LogP contribution in [-0.4, -0.2) is 36.1 Å². The normalized spacial score (nSPS) is 10.3. The van der Waals surface area contributed by atoms with Crippen molar-refractivity contribution < 1.29 is 14.3 Å². The number of hydrogen-bond donors (Lipinski definition) is 2. The standard InChI is InChI=1S/C22H24N4O3/c1-15-4-5-17(12-16(15)2)26-22(27)20-13-25-21(14-24-20)23-10-11-29-19-8-6-18(28-3)7-9-19/h4-9,12-14H,10-11H2,1-3H3,(H,23,25)(H,26,27). The van der Waals surface area contributed by atoms with E-state index in [1.165, 1.54) is 18.0 Å². The maximum Gasteiger partial charge on any atom is 0.275 e. The van der Waals surface area contributed by atoms with Gasteiger partial charge in [-0.25, -0.2) is 9.97 Å². The van der Waals surface area contributed by atoms with E-state index in [2.05, 4.69) is 20.6 Å². The number of ether oxygens (including phenoxy) is 2. The molecule has 0 saturated heterocycles. The molecule has 0 fully saturated rings. The van der Waals surface area contributed by atoms with Crippen molar-refractivity contribution in [3.63, 3.8) is 0 Å². The molecule has 3 aromatic rings. The summed E-state index contributed by atoms with van der Waals surface area (Å²) in [5, 5.41) is 5.95. The maximum atomic E-state index is 12.3. The van der Waals surface area contributed by atoms with Crippen LogP contribution in [0, 0.1) is 13.8 Å². The van der Waals surface area contributed by atoms with Gasteiger partial charge in [0.05, 0.1) is 26.0 Å². The van der Waals surface area contributed by atoms with Gasteiger partial charge < -0.3 is 20.1 Å². The highest BCUT2D eigenvalue weighted by Gasteiger charge is 2.09. The summed E-state index contributed by atoms with van der Waals surface area (Å²) in [5.74, 6) is 1.82. The lowest BCUT2D eigenvalue weighted by Crippen LogP contribution is -2.16. The second-order valence-corrected chi connectivity index (χ2v) is 6.49. The molecule has 0 aliphatic heterocycles. The zero-order valence-electron chi connectivity index (χ0n) is 16.7. The zero-order valence-corrected chi connectivity index (χ0v) is 16.7. The number of methoxy groups -OCH3 is 1. The Morgan fingerprint density at radius 1 is 0.966 bits per heavy atom. The number of amides is 1. The molecule has 1 heterocycles. The molecule has 1 amide bonds. The number of carbonyl (C=O) groups is 1. The molecule has 0 radical (unpaired) electrons. The van der Waals surface area contributed by atoms with E-state index >= 15 is 0 Å². The summed E-state index contributed by atoms with van der Waals surface area (Å²) in [7, 11) is 1.62. The molecule has 2 aromatic carbocycles. The zero-order chi connectivity index (χ0) is 20.6. The summed E-state index contributed by atoms with van der Waals surface area (Å²) < 4.78 is 10.8. The van der Waals surface area contributed by atoms with Gasteiger partial charge in [-0.05, 0) is 61.4 Å². The SMILES string of the molecule is COc1ccc(OCCNc2cnc(C(=O)Nc3ccc(C)c(C)c3)cn2)cc1. The minimum Gasteiger partial charge on any atom is -0.497 e. The van der Waals surface area contributed by atoms with Crippen molar-refractivity contribution >= 4 is 17.4 Å². The minimum atomic E-state index is -0.296. The van der Waals surface area contributed by atoms with Crippen molar-refractivity contribution in [1.29, 1.82) is 0 Å². The van der Waals surface area contributed by atoms with Crippen LogP contribution in [0.5, 0.6) is 11.5 Å². The molecule has 150 valence electrons. The molecule has 3 rings (SSSR count). The Morgan fingerprint density at radius 2 is 1.72 bits per heavy atom. The first-order chi connectivity index (χ1) is 14.0. The van der Waals surface area contributed by atoms with Gasteiger partial charge in [0.25, 0.3) is 5.91 Å². The molecule has 0 aliphatic rings. The van der Waals surface area contributed by atoms with E-state index in [9.17, 15) is 4.79 Å². The van der Waals surface area contributed by atoms with Crippen molar-refractivity contribution in [2.24, 2.45) is 0 Å². The number of aromatic nitrogens is 2. The second kappa shape index (κ2) is 9.54. The molecule has 2 N–H and O–H groups in total. The van der Waals surface area contributed by atoms with Crippen LogP contribution < -0.4 is 20.1 Å². The summed E-state index contributed by atoms with van der Waals surface area (Å²) in [6.45, 7) is 5.04. The van der Waals surface area contributed by atoms with E-state index in [1.54, 1.807) is 7.11 Å². The summed E-state index contributed by atoms with van der Waals surface area (Å²) >= 11 is 0. The van der Waals surface area contributed by atoms with Gasteiger partial charge >= 0.3 is 0 Å². The lowest BCUT2D eigenvalue weighted by atomic mass is 10.1. The van der Waals surface area contributed by atoms with Gasteiger partial charge in [-0.1, -0.05) is 6.07 Å². The Balaban J connectivity index is 1.46. The first-order valence-corrected chi connectivity index (χ1v) is 9.26. The lowest BCUT2D eigenvalue weighted by molar-refractivity contribution is 0.102. The number of benzene rings is 2. The average molecular weight is 392 g/mol. The van der Waals surface area contributed by atoms with E-state index in [-0.39, 0.29) is 11.6 Å². The van der Waals surface area contributed by atoms with E-state index < -0.39 is 0 Å². The largest absolute Gasteiger partial charge is 0.497 e. The Hall–Kier alpha value is -3.61. The van der Waals surface area contributed by atoms with E-state index in [4.69, 9.17) is 9.47 Å². The van der Waals surface area contributed by atoms with Crippen molar-refractivity contribution in [3.05, 3.63) is 71.7 Å². The fourth-order valence-corrected chi connectivity index (χ4v) is 2.57. The Morgan fingerprint density at radius 3 is 2.38 bits per heavy atom. The number of rotatable bonds is 8. The van der Waals surface area contributed by atoms with Crippen LogP contribution in [0.1, 0.15) is 21.6 Å². The van der Waals surface area contributed by atoms with Crippen LogP contribution in [0.4, 0.5) is 11.5 Å². The highest BCUT2D eigenvalue weighted by atomic mass is 16.5. The molecule has 7 nitrogen and oxygen atoms in total. The van der Waals surface area contributed by atoms with Crippen molar-refractivity contribution in [3.8, 4) is 11.5 Å². The monoisotopic (exact) mass is 392 g/mol. The van der Waals surface area contributed by atoms with E-state index in [1.807, 2.05) is 56.3 Å². The molecule has 1 aromatic heterocycles. The highest BCUT2D eigenvalue weighted by molar-refractivity contribution is 6.02. The summed E-state index contributed by atoms with van der Waals surface area (Å²) in [4.78, 5) is 20.7. The number of nitrogens with zero attached hydrogens (tertiary/aromatic N) is 2. The first kappa shape index (κ1) is 20.1. The summed E-state index contributed by atoms with van der Waals surface area (Å²) in [6.07, 6.45) is 2.98. The van der Waals surface area contributed by atoms with Gasteiger partial charge in [0.2, 0.25) is 0 Å². The third kappa shape index (κ3) is 5.68. The van der Waals surface area contributed by atoms with Gasteiger partial charge in [0.1, 0.15) is 29.6 Å². The molecule has 29 heavy (non-hydrogen) atoms.